The first-order chi connectivity index (χ1) is 9.99. The number of carbonyl (C=O) groups excluding carboxylic acids is 1. The second-order valence-corrected chi connectivity index (χ2v) is 4.14. The number of nitrogens with one attached hydrogen (secondary N) is 1. The van der Waals surface area contributed by atoms with Crippen LogP contribution in [0.2, 0.25) is 0 Å². The van der Waals surface area contributed by atoms with E-state index in [1.807, 2.05) is 0 Å². The maximum absolute atomic E-state index is 12.2. The van der Waals surface area contributed by atoms with Gasteiger partial charge in [-0.05, 0) is 19.1 Å². The molecule has 0 aliphatic carbocycles. The van der Waals surface area contributed by atoms with Crippen LogP contribution in [0.15, 0.2) is 27.8 Å². The van der Waals surface area contributed by atoms with Gasteiger partial charge in [0.15, 0.2) is 11.2 Å². The van der Waals surface area contributed by atoms with Crippen molar-refractivity contribution in [1.29, 1.82) is 0 Å². The van der Waals surface area contributed by atoms with Crippen LogP contribution in [0.4, 0.5) is 0 Å². The molecule has 1 aromatic carbocycles. The van der Waals surface area contributed by atoms with Crippen LogP contribution in [-0.2, 0) is 4.74 Å². The van der Waals surface area contributed by atoms with Crippen LogP contribution < -0.4 is 15.6 Å². The van der Waals surface area contributed by atoms with Gasteiger partial charge in [0.1, 0.15) is 5.69 Å². The van der Waals surface area contributed by atoms with E-state index in [1.54, 1.807) is 6.92 Å². The van der Waals surface area contributed by atoms with E-state index in [0.717, 1.165) is 12.1 Å². The van der Waals surface area contributed by atoms with Crippen LogP contribution >= 0.6 is 0 Å². The Morgan fingerprint density at radius 3 is 2.62 bits per heavy atom. The van der Waals surface area contributed by atoms with Crippen molar-refractivity contribution >= 4 is 16.9 Å². The summed E-state index contributed by atoms with van der Waals surface area (Å²) >= 11 is 0. The summed E-state index contributed by atoms with van der Waals surface area (Å²) in [6, 6.07) is 3.40. The smallest absolute Gasteiger partial charge is 0.354 e. The van der Waals surface area contributed by atoms with Crippen molar-refractivity contribution in [1.82, 2.24) is 4.98 Å². The van der Waals surface area contributed by atoms with Gasteiger partial charge in [-0.25, -0.2) is 4.79 Å². The summed E-state index contributed by atoms with van der Waals surface area (Å²) in [6.45, 7) is 1.80. The summed E-state index contributed by atoms with van der Waals surface area (Å²) in [7, 11) is 1.23. The third kappa shape index (κ3) is 2.58. The van der Waals surface area contributed by atoms with E-state index in [0.29, 0.717) is 0 Å². The zero-order valence-electron chi connectivity index (χ0n) is 11.4. The maximum atomic E-state index is 12.2. The summed E-state index contributed by atoms with van der Waals surface area (Å²) in [4.78, 5) is 38.1. The molecule has 0 amide bonds. The highest BCUT2D eigenvalue weighted by molar-refractivity contribution is 5.93. The Bertz CT molecular complexity index is 824. The predicted octanol–water partition coefficient (Wildman–Crippen LogP) is 0.779. The monoisotopic (exact) mass is 291 g/mol. The van der Waals surface area contributed by atoms with Crippen LogP contribution in [0.5, 0.6) is 11.5 Å². The average Bonchev–Trinajstić information content (AvgIpc) is 2.58. The fourth-order valence-electron chi connectivity index (χ4n) is 1.92. The number of aromatic hydroxyl groups is 1. The summed E-state index contributed by atoms with van der Waals surface area (Å²) in [5, 5.41) is 9.74. The van der Waals surface area contributed by atoms with Gasteiger partial charge >= 0.3 is 5.97 Å². The molecular weight excluding hydrogens is 278 g/mol. The zero-order chi connectivity index (χ0) is 15.6. The van der Waals surface area contributed by atoms with Crippen molar-refractivity contribution in [3.05, 3.63) is 44.3 Å². The van der Waals surface area contributed by atoms with Gasteiger partial charge in [0, 0.05) is 6.07 Å². The van der Waals surface area contributed by atoms with E-state index in [4.69, 9.17) is 9.47 Å². The Morgan fingerprint density at radius 2 is 2.00 bits per heavy atom. The molecule has 0 unspecified atom stereocenters. The third-order valence-electron chi connectivity index (χ3n) is 2.84. The molecule has 1 aromatic heterocycles. The first-order valence-corrected chi connectivity index (χ1v) is 6.14. The van der Waals surface area contributed by atoms with Crippen LogP contribution in [0.25, 0.3) is 10.9 Å². The number of H-pyrrole nitrogens is 1. The Labute approximate surface area is 118 Å². The Kier molecular flexibility index (Phi) is 3.93. The topological polar surface area (TPSA) is 106 Å². The SMILES string of the molecule is CCOC(=O)c1cc(=O)c2c(OC)c(O)c(=O)ccc2[nH]1. The van der Waals surface area contributed by atoms with E-state index >= 15 is 0 Å². The van der Waals surface area contributed by atoms with Crippen LogP contribution in [0.3, 0.4) is 0 Å². The van der Waals surface area contributed by atoms with Crippen molar-refractivity contribution in [3.8, 4) is 11.5 Å². The standard InChI is InChI=1S/C14H13NO6/c1-3-21-14(19)8-6-10(17)11-7(15-8)4-5-9(16)12(18)13(11)20-2/h4-6H,3H2,1-2H3,(H,15,17)(H,16,18). The molecule has 2 N–H and O–H groups in total. The lowest BCUT2D eigenvalue weighted by Crippen LogP contribution is -2.12. The quantitative estimate of drug-likeness (QED) is 0.809. The molecule has 0 bridgehead atoms. The van der Waals surface area contributed by atoms with Crippen molar-refractivity contribution in [2.24, 2.45) is 0 Å². The summed E-state index contributed by atoms with van der Waals surface area (Å²) in [5.74, 6) is -1.59. The fourth-order valence-corrected chi connectivity index (χ4v) is 1.92. The minimum atomic E-state index is -0.700. The number of esters is 1. The number of methoxy groups -OCH3 is 1. The van der Waals surface area contributed by atoms with Gasteiger partial charge in [-0.1, -0.05) is 0 Å². The molecule has 0 saturated heterocycles. The molecule has 7 nitrogen and oxygen atoms in total. The minimum absolute atomic E-state index is 0.0230. The van der Waals surface area contributed by atoms with Crippen LogP contribution in [-0.4, -0.2) is 29.8 Å². The molecular formula is C14H13NO6. The molecule has 0 saturated carbocycles. The summed E-state index contributed by atoms with van der Waals surface area (Å²) in [5.41, 5.74) is -1.14. The normalized spacial score (nSPS) is 10.4. The summed E-state index contributed by atoms with van der Waals surface area (Å²) < 4.78 is 9.75. The highest BCUT2D eigenvalue weighted by Crippen LogP contribution is 2.27. The van der Waals surface area contributed by atoms with Gasteiger partial charge in [-0.3, -0.25) is 9.59 Å². The molecule has 2 aromatic rings. The Hall–Kier alpha value is -2.83. The lowest BCUT2D eigenvalue weighted by molar-refractivity contribution is 0.0520. The number of ether oxygens (including phenoxy) is 2. The maximum Gasteiger partial charge on any atom is 0.354 e. The first kappa shape index (κ1) is 14.6. The number of aromatic amines is 1. The Balaban J connectivity index is 2.87. The number of pyridine rings is 1. The predicted molar refractivity (Wildman–Crippen MR) is 75.0 cm³/mol. The van der Waals surface area contributed by atoms with Gasteiger partial charge in [0.2, 0.25) is 11.2 Å². The van der Waals surface area contributed by atoms with Crippen LogP contribution in [0, 0.1) is 0 Å². The second kappa shape index (κ2) is 5.66. The fraction of sp³-hybridized carbons (Fsp3) is 0.214. The van der Waals surface area contributed by atoms with E-state index < -0.39 is 22.6 Å². The molecule has 7 heteroatoms. The van der Waals surface area contributed by atoms with E-state index in [1.165, 1.54) is 13.2 Å². The van der Waals surface area contributed by atoms with Gasteiger partial charge in [0.25, 0.3) is 0 Å². The van der Waals surface area contributed by atoms with E-state index in [9.17, 15) is 19.5 Å². The van der Waals surface area contributed by atoms with Crippen molar-refractivity contribution in [2.75, 3.05) is 13.7 Å². The number of hydrogen-bond acceptors (Lipinski definition) is 6. The van der Waals surface area contributed by atoms with Crippen molar-refractivity contribution in [2.45, 2.75) is 6.92 Å². The number of hydrogen-bond donors (Lipinski definition) is 2. The van der Waals surface area contributed by atoms with Gasteiger partial charge in [-0.2, -0.15) is 0 Å². The number of carbonyl (C=O) groups is 1. The van der Waals surface area contributed by atoms with Crippen molar-refractivity contribution < 1.29 is 19.4 Å². The first-order valence-electron chi connectivity index (χ1n) is 6.14. The highest BCUT2D eigenvalue weighted by Gasteiger charge is 2.16. The van der Waals surface area contributed by atoms with E-state index in [2.05, 4.69) is 4.98 Å². The molecule has 0 fully saturated rings. The van der Waals surface area contributed by atoms with E-state index in [-0.39, 0.29) is 29.0 Å². The van der Waals surface area contributed by atoms with Gasteiger partial charge < -0.3 is 19.6 Å². The molecule has 0 spiro atoms. The van der Waals surface area contributed by atoms with Crippen molar-refractivity contribution in [3.63, 3.8) is 0 Å². The highest BCUT2D eigenvalue weighted by atomic mass is 16.5. The molecule has 2 rings (SSSR count). The number of rotatable bonds is 3. The molecule has 110 valence electrons. The minimum Gasteiger partial charge on any atom is -0.502 e. The largest absolute Gasteiger partial charge is 0.502 e. The number of fused-ring (bicyclic) bond motifs is 1. The average molecular weight is 291 g/mol. The number of aromatic nitrogens is 1. The molecule has 0 radical (unpaired) electrons. The van der Waals surface area contributed by atoms with Crippen LogP contribution in [0.1, 0.15) is 17.4 Å². The van der Waals surface area contributed by atoms with Gasteiger partial charge in [-0.15, -0.1) is 0 Å². The van der Waals surface area contributed by atoms with Gasteiger partial charge in [0.05, 0.1) is 24.6 Å². The second-order valence-electron chi connectivity index (χ2n) is 4.14. The molecule has 0 aliphatic heterocycles. The lowest BCUT2D eigenvalue weighted by atomic mass is 10.2. The zero-order valence-corrected chi connectivity index (χ0v) is 11.4. The Morgan fingerprint density at radius 1 is 1.29 bits per heavy atom. The molecule has 0 atom stereocenters. The molecule has 0 aliphatic rings. The third-order valence-corrected chi connectivity index (χ3v) is 2.84. The lowest BCUT2D eigenvalue weighted by Gasteiger charge is -2.05. The molecule has 21 heavy (non-hydrogen) atoms. The summed E-state index contributed by atoms with van der Waals surface area (Å²) in [6.07, 6.45) is 0. The molecule has 1 heterocycles.